The zero-order chi connectivity index (χ0) is 25.4. The topological polar surface area (TPSA) is 123 Å². The number of benzene rings is 3. The van der Waals surface area contributed by atoms with Crippen LogP contribution in [0, 0.1) is 13.8 Å². The Kier molecular flexibility index (Phi) is 6.34. The molecule has 0 radical (unpaired) electrons. The number of anilines is 1. The van der Waals surface area contributed by atoms with E-state index in [1.807, 2.05) is 56.3 Å². The first kappa shape index (κ1) is 23.8. The van der Waals surface area contributed by atoms with Crippen molar-refractivity contribution < 1.29 is 9.59 Å². The van der Waals surface area contributed by atoms with Crippen LogP contribution < -0.4 is 16.8 Å². The average Bonchev–Trinajstić information content (AvgIpc) is 3.42. The van der Waals surface area contributed by atoms with Gasteiger partial charge in [0.15, 0.2) is 0 Å². The van der Waals surface area contributed by atoms with E-state index in [4.69, 9.17) is 21.4 Å². The van der Waals surface area contributed by atoms with Gasteiger partial charge in [-0.2, -0.15) is 0 Å². The largest absolute Gasteiger partial charge is 0.400 e. The van der Waals surface area contributed by atoms with Crippen LogP contribution in [0.4, 0.5) is 11.4 Å². The second-order valence-corrected chi connectivity index (χ2v) is 10.5. The number of carbonyl (C=O) groups is 2. The van der Waals surface area contributed by atoms with Gasteiger partial charge in [0.25, 0.3) is 5.91 Å². The molecule has 1 aliphatic heterocycles. The summed E-state index contributed by atoms with van der Waals surface area (Å²) in [4.78, 5) is 35.0. The standard InChI is InChI=1S/C27H23N5O2S2/c1-14-8-7-12-17(15(14)2)31-27-21(26-32-19-11-5-6-13-20(19)35-26)22(28)23(36-27)25(34)30-18-10-4-3-9-16(18)24(29)33/h3-13,23H,28H2,1-2H3,(H2,29,33)(H,30,34). The molecule has 0 fully saturated rings. The fourth-order valence-corrected chi connectivity index (χ4v) is 6.15. The predicted octanol–water partition coefficient (Wildman–Crippen LogP) is 5.17. The van der Waals surface area contributed by atoms with E-state index in [0.717, 1.165) is 27.0 Å². The Hall–Kier alpha value is -3.95. The van der Waals surface area contributed by atoms with Crippen molar-refractivity contribution in [3.05, 3.63) is 94.1 Å². The molecule has 0 saturated heterocycles. The Morgan fingerprint density at radius 2 is 1.75 bits per heavy atom. The molecule has 36 heavy (non-hydrogen) atoms. The minimum Gasteiger partial charge on any atom is -0.400 e. The zero-order valence-electron chi connectivity index (χ0n) is 19.6. The lowest BCUT2D eigenvalue weighted by atomic mass is 10.1. The fraction of sp³-hybridized carbons (Fsp3) is 0.111. The Labute approximate surface area is 216 Å². The van der Waals surface area contributed by atoms with Crippen LogP contribution in [0.25, 0.3) is 15.8 Å². The van der Waals surface area contributed by atoms with E-state index in [0.29, 0.717) is 27.0 Å². The number of primary amides is 1. The molecule has 0 bridgehead atoms. The summed E-state index contributed by atoms with van der Waals surface area (Å²) in [5, 5.41) is 3.40. The molecule has 1 aromatic heterocycles. The van der Waals surface area contributed by atoms with Crippen LogP contribution in [-0.4, -0.2) is 27.1 Å². The quantitative estimate of drug-likeness (QED) is 0.340. The number of carbonyl (C=O) groups excluding carboxylic acids is 2. The molecule has 0 aliphatic carbocycles. The first-order valence-corrected chi connectivity index (χ1v) is 12.9. The van der Waals surface area contributed by atoms with Crippen molar-refractivity contribution >= 4 is 67.1 Å². The maximum Gasteiger partial charge on any atom is 0.250 e. The SMILES string of the molecule is Cc1cccc(N=C2SC(C(=O)Nc3ccccc3C(N)=O)C(N)=C2c2nc3ccccc3s2)c1C. The highest BCUT2D eigenvalue weighted by Crippen LogP contribution is 2.42. The minimum atomic E-state index is -0.753. The maximum atomic E-state index is 13.4. The summed E-state index contributed by atoms with van der Waals surface area (Å²) in [6, 6.07) is 20.4. The number of hydrogen-bond acceptors (Lipinski definition) is 7. The normalized spacial score (nSPS) is 16.6. The number of rotatable bonds is 5. The molecule has 2 amide bonds. The third-order valence-corrected chi connectivity index (χ3v) is 8.29. The van der Waals surface area contributed by atoms with Crippen LogP contribution in [0.5, 0.6) is 0 Å². The van der Waals surface area contributed by atoms with Crippen LogP contribution >= 0.6 is 23.1 Å². The number of thiazole rings is 1. The number of hydrogen-bond donors (Lipinski definition) is 3. The smallest absolute Gasteiger partial charge is 0.250 e. The van der Waals surface area contributed by atoms with E-state index in [1.165, 1.54) is 23.1 Å². The molecular formula is C27H23N5O2S2. The number of aromatic nitrogens is 1. The number of nitrogens with two attached hydrogens (primary N) is 2. The van der Waals surface area contributed by atoms with Gasteiger partial charge < -0.3 is 16.8 Å². The molecule has 1 atom stereocenters. The monoisotopic (exact) mass is 513 g/mol. The van der Waals surface area contributed by atoms with Gasteiger partial charge in [0.2, 0.25) is 5.91 Å². The number of amides is 2. The number of para-hydroxylation sites is 2. The molecule has 0 saturated carbocycles. The maximum absolute atomic E-state index is 13.4. The Morgan fingerprint density at radius 1 is 1.00 bits per heavy atom. The Balaban J connectivity index is 1.59. The molecule has 1 aliphatic rings. The van der Waals surface area contributed by atoms with E-state index in [2.05, 4.69) is 5.32 Å². The van der Waals surface area contributed by atoms with Crippen molar-refractivity contribution in [2.24, 2.45) is 16.5 Å². The number of aliphatic imine (C=N–C) groups is 1. The van der Waals surface area contributed by atoms with Crippen LogP contribution in [-0.2, 0) is 4.79 Å². The molecule has 4 aromatic rings. The first-order chi connectivity index (χ1) is 17.3. The van der Waals surface area contributed by atoms with Crippen molar-refractivity contribution in [2.45, 2.75) is 19.1 Å². The lowest BCUT2D eigenvalue weighted by molar-refractivity contribution is -0.115. The van der Waals surface area contributed by atoms with Gasteiger partial charge in [0.1, 0.15) is 15.3 Å². The fourth-order valence-electron chi connectivity index (χ4n) is 3.93. The molecule has 0 spiro atoms. The highest BCUT2D eigenvalue weighted by Gasteiger charge is 2.37. The van der Waals surface area contributed by atoms with Gasteiger partial charge in [-0.3, -0.25) is 9.59 Å². The van der Waals surface area contributed by atoms with Gasteiger partial charge in [0, 0.05) is 5.70 Å². The van der Waals surface area contributed by atoms with Crippen molar-refractivity contribution in [3.63, 3.8) is 0 Å². The molecule has 5 N–H and O–H groups in total. The Morgan fingerprint density at radius 3 is 2.53 bits per heavy atom. The van der Waals surface area contributed by atoms with Gasteiger partial charge in [-0.15, -0.1) is 11.3 Å². The van der Waals surface area contributed by atoms with Crippen molar-refractivity contribution in [1.82, 2.24) is 4.98 Å². The molecule has 9 heteroatoms. The molecule has 7 nitrogen and oxygen atoms in total. The lowest BCUT2D eigenvalue weighted by Crippen LogP contribution is -2.29. The van der Waals surface area contributed by atoms with Gasteiger partial charge in [0.05, 0.1) is 32.7 Å². The third-order valence-electron chi connectivity index (χ3n) is 6.01. The van der Waals surface area contributed by atoms with Gasteiger partial charge >= 0.3 is 0 Å². The third kappa shape index (κ3) is 4.38. The van der Waals surface area contributed by atoms with Crippen molar-refractivity contribution in [2.75, 3.05) is 5.32 Å². The summed E-state index contributed by atoms with van der Waals surface area (Å²) in [5.74, 6) is -0.989. The molecule has 180 valence electrons. The van der Waals surface area contributed by atoms with Crippen molar-refractivity contribution in [1.29, 1.82) is 0 Å². The van der Waals surface area contributed by atoms with E-state index >= 15 is 0 Å². The number of aryl methyl sites for hydroxylation is 1. The summed E-state index contributed by atoms with van der Waals surface area (Å²) in [6.07, 6.45) is 0. The zero-order valence-corrected chi connectivity index (χ0v) is 21.2. The highest BCUT2D eigenvalue weighted by molar-refractivity contribution is 8.16. The summed E-state index contributed by atoms with van der Waals surface area (Å²) < 4.78 is 1.02. The molecule has 3 aromatic carbocycles. The summed E-state index contributed by atoms with van der Waals surface area (Å²) in [5.41, 5.74) is 17.6. The molecular weight excluding hydrogens is 490 g/mol. The van der Waals surface area contributed by atoms with Crippen LogP contribution in [0.1, 0.15) is 26.5 Å². The van der Waals surface area contributed by atoms with Gasteiger partial charge in [-0.25, -0.2) is 9.98 Å². The number of thioether (sulfide) groups is 1. The molecule has 2 heterocycles. The summed E-state index contributed by atoms with van der Waals surface area (Å²) >= 11 is 2.78. The summed E-state index contributed by atoms with van der Waals surface area (Å²) in [6.45, 7) is 4.05. The Bertz CT molecular complexity index is 1560. The molecule has 5 rings (SSSR count). The lowest BCUT2D eigenvalue weighted by Gasteiger charge is -2.13. The predicted molar refractivity (Wildman–Crippen MR) is 149 cm³/mol. The van der Waals surface area contributed by atoms with Crippen LogP contribution in [0.15, 0.2) is 77.4 Å². The first-order valence-electron chi connectivity index (χ1n) is 11.2. The van der Waals surface area contributed by atoms with E-state index in [1.54, 1.807) is 24.3 Å². The second kappa shape index (κ2) is 9.60. The highest BCUT2D eigenvalue weighted by atomic mass is 32.2. The van der Waals surface area contributed by atoms with Gasteiger partial charge in [-0.1, -0.05) is 48.2 Å². The van der Waals surface area contributed by atoms with Crippen LogP contribution in [0.3, 0.4) is 0 Å². The van der Waals surface area contributed by atoms with E-state index < -0.39 is 11.2 Å². The minimum absolute atomic E-state index is 0.229. The van der Waals surface area contributed by atoms with Gasteiger partial charge in [-0.05, 0) is 55.3 Å². The van der Waals surface area contributed by atoms with E-state index in [-0.39, 0.29) is 11.5 Å². The second-order valence-electron chi connectivity index (χ2n) is 8.35. The molecule has 1 unspecified atom stereocenters. The number of nitrogens with one attached hydrogen (secondary N) is 1. The number of nitrogens with zero attached hydrogens (tertiary/aromatic N) is 2. The van der Waals surface area contributed by atoms with Crippen LogP contribution in [0.2, 0.25) is 0 Å². The average molecular weight is 514 g/mol. The van der Waals surface area contributed by atoms with Crippen molar-refractivity contribution in [3.8, 4) is 0 Å². The van der Waals surface area contributed by atoms with E-state index in [9.17, 15) is 9.59 Å². The number of fused-ring (bicyclic) bond motifs is 1. The summed E-state index contributed by atoms with van der Waals surface area (Å²) in [7, 11) is 0.